The largest absolute Gasteiger partial charge is 0.497 e. The van der Waals surface area contributed by atoms with Gasteiger partial charge < -0.3 is 19.5 Å². The summed E-state index contributed by atoms with van der Waals surface area (Å²) in [6, 6.07) is 18.1. The number of anilines is 1. The molecule has 1 heterocycles. The van der Waals surface area contributed by atoms with Crippen molar-refractivity contribution in [3.63, 3.8) is 0 Å². The molecule has 3 aromatic rings. The van der Waals surface area contributed by atoms with Gasteiger partial charge in [-0.1, -0.05) is 17.7 Å². The first kappa shape index (κ1) is 18.3. The first-order valence-electron chi connectivity index (χ1n) is 8.39. The van der Waals surface area contributed by atoms with E-state index < -0.39 is 0 Å². The molecule has 0 saturated heterocycles. The summed E-state index contributed by atoms with van der Waals surface area (Å²) in [4.78, 5) is 16.2. The Bertz CT molecular complexity index is 876. The standard InChI is InChI=1S/C21H20N2O4/c1-15-3-6-19(7-4-15)27-21-12-5-16(13-22-21)23-20(24)14-26-18-10-8-17(25-2)9-11-18/h3-13H,14H2,1-2H3,(H,23,24). The van der Waals surface area contributed by atoms with Crippen LogP contribution in [-0.2, 0) is 4.79 Å². The molecule has 6 nitrogen and oxygen atoms in total. The highest BCUT2D eigenvalue weighted by molar-refractivity contribution is 5.91. The molecule has 27 heavy (non-hydrogen) atoms. The summed E-state index contributed by atoms with van der Waals surface area (Å²) in [6.45, 7) is 1.91. The van der Waals surface area contributed by atoms with Crippen LogP contribution in [0.1, 0.15) is 5.56 Å². The van der Waals surface area contributed by atoms with Gasteiger partial charge in [0.2, 0.25) is 5.88 Å². The molecular formula is C21H20N2O4. The maximum absolute atomic E-state index is 12.0. The van der Waals surface area contributed by atoms with Crippen molar-refractivity contribution in [2.75, 3.05) is 19.0 Å². The number of pyridine rings is 1. The zero-order valence-corrected chi connectivity index (χ0v) is 15.1. The Morgan fingerprint density at radius 1 is 0.926 bits per heavy atom. The molecule has 0 atom stereocenters. The number of amides is 1. The maximum Gasteiger partial charge on any atom is 0.262 e. The molecular weight excluding hydrogens is 344 g/mol. The van der Waals surface area contributed by atoms with Gasteiger partial charge in [0.15, 0.2) is 6.61 Å². The van der Waals surface area contributed by atoms with Crippen LogP contribution in [0.3, 0.4) is 0 Å². The lowest BCUT2D eigenvalue weighted by Gasteiger charge is -2.09. The topological polar surface area (TPSA) is 69.7 Å². The average molecular weight is 364 g/mol. The molecule has 1 aromatic heterocycles. The summed E-state index contributed by atoms with van der Waals surface area (Å²) in [5, 5.41) is 2.73. The van der Waals surface area contributed by atoms with Crippen molar-refractivity contribution < 1.29 is 19.0 Å². The van der Waals surface area contributed by atoms with Gasteiger partial charge in [-0.15, -0.1) is 0 Å². The Kier molecular flexibility index (Phi) is 5.89. The zero-order chi connectivity index (χ0) is 19.1. The monoisotopic (exact) mass is 364 g/mol. The van der Waals surface area contributed by atoms with E-state index in [0.717, 1.165) is 11.3 Å². The summed E-state index contributed by atoms with van der Waals surface area (Å²) in [5.41, 5.74) is 1.72. The predicted molar refractivity (Wildman–Crippen MR) is 103 cm³/mol. The van der Waals surface area contributed by atoms with Crippen molar-refractivity contribution in [2.24, 2.45) is 0 Å². The van der Waals surface area contributed by atoms with E-state index in [1.807, 2.05) is 31.2 Å². The molecule has 0 aliphatic heterocycles. The Balaban J connectivity index is 1.49. The highest BCUT2D eigenvalue weighted by Gasteiger charge is 2.05. The van der Waals surface area contributed by atoms with Crippen LogP contribution < -0.4 is 19.5 Å². The lowest BCUT2D eigenvalue weighted by Crippen LogP contribution is -2.20. The van der Waals surface area contributed by atoms with Crippen LogP contribution in [0.15, 0.2) is 66.9 Å². The first-order valence-corrected chi connectivity index (χ1v) is 8.39. The van der Waals surface area contributed by atoms with Gasteiger partial charge in [-0.25, -0.2) is 4.98 Å². The second-order valence-corrected chi connectivity index (χ2v) is 5.81. The third-order valence-corrected chi connectivity index (χ3v) is 3.69. The molecule has 6 heteroatoms. The number of hydrogen-bond donors (Lipinski definition) is 1. The number of aromatic nitrogens is 1. The third kappa shape index (κ3) is 5.47. The van der Waals surface area contributed by atoms with Gasteiger partial charge in [0.1, 0.15) is 17.2 Å². The fraction of sp³-hybridized carbons (Fsp3) is 0.143. The summed E-state index contributed by atoms with van der Waals surface area (Å²) in [6.07, 6.45) is 1.54. The van der Waals surface area contributed by atoms with Gasteiger partial charge in [-0.05, 0) is 49.4 Å². The van der Waals surface area contributed by atoms with Crippen LogP contribution in [0.25, 0.3) is 0 Å². The van der Waals surface area contributed by atoms with E-state index in [-0.39, 0.29) is 12.5 Å². The van der Waals surface area contributed by atoms with Crippen LogP contribution >= 0.6 is 0 Å². The van der Waals surface area contributed by atoms with Crippen LogP contribution in [0.4, 0.5) is 5.69 Å². The van der Waals surface area contributed by atoms with E-state index in [1.54, 1.807) is 43.5 Å². The normalized spacial score (nSPS) is 10.1. The minimum absolute atomic E-state index is 0.103. The van der Waals surface area contributed by atoms with E-state index in [2.05, 4.69) is 10.3 Å². The van der Waals surface area contributed by atoms with Crippen molar-refractivity contribution in [3.05, 3.63) is 72.4 Å². The first-order chi connectivity index (χ1) is 13.1. The molecule has 0 saturated carbocycles. The van der Waals surface area contributed by atoms with Crippen LogP contribution in [0, 0.1) is 6.92 Å². The van der Waals surface area contributed by atoms with Gasteiger partial charge in [0, 0.05) is 6.07 Å². The van der Waals surface area contributed by atoms with Gasteiger partial charge >= 0.3 is 0 Å². The second kappa shape index (κ2) is 8.71. The number of carbonyl (C=O) groups is 1. The Labute approximate surface area is 157 Å². The van der Waals surface area contributed by atoms with Crippen molar-refractivity contribution in [2.45, 2.75) is 6.92 Å². The van der Waals surface area contributed by atoms with E-state index in [1.165, 1.54) is 6.20 Å². The fourth-order valence-corrected chi connectivity index (χ4v) is 2.26. The molecule has 2 aromatic carbocycles. The van der Waals surface area contributed by atoms with Crippen LogP contribution in [0.5, 0.6) is 23.1 Å². The quantitative estimate of drug-likeness (QED) is 0.680. The van der Waals surface area contributed by atoms with Crippen molar-refractivity contribution in [1.82, 2.24) is 4.98 Å². The molecule has 0 fully saturated rings. The number of carbonyl (C=O) groups excluding carboxylic acids is 1. The number of rotatable bonds is 7. The second-order valence-electron chi connectivity index (χ2n) is 5.81. The molecule has 3 rings (SSSR count). The molecule has 138 valence electrons. The number of nitrogens with zero attached hydrogens (tertiary/aromatic N) is 1. The Hall–Kier alpha value is -3.54. The lowest BCUT2D eigenvalue weighted by atomic mass is 10.2. The summed E-state index contributed by atoms with van der Waals surface area (Å²) in [5.74, 6) is 2.20. The summed E-state index contributed by atoms with van der Waals surface area (Å²) < 4.78 is 16.2. The van der Waals surface area contributed by atoms with E-state index >= 15 is 0 Å². The van der Waals surface area contributed by atoms with Gasteiger partial charge in [0.05, 0.1) is 19.0 Å². The molecule has 0 spiro atoms. The number of hydrogen-bond acceptors (Lipinski definition) is 5. The highest BCUT2D eigenvalue weighted by atomic mass is 16.5. The lowest BCUT2D eigenvalue weighted by molar-refractivity contribution is -0.118. The summed E-state index contributed by atoms with van der Waals surface area (Å²) in [7, 11) is 1.59. The van der Waals surface area contributed by atoms with Gasteiger partial charge in [-0.2, -0.15) is 0 Å². The molecule has 0 bridgehead atoms. The van der Waals surface area contributed by atoms with E-state index in [9.17, 15) is 4.79 Å². The van der Waals surface area contributed by atoms with Crippen molar-refractivity contribution in [1.29, 1.82) is 0 Å². The molecule has 0 radical (unpaired) electrons. The van der Waals surface area contributed by atoms with E-state index in [0.29, 0.717) is 23.1 Å². The number of ether oxygens (including phenoxy) is 3. The minimum atomic E-state index is -0.278. The zero-order valence-electron chi connectivity index (χ0n) is 15.1. The van der Waals surface area contributed by atoms with Crippen LogP contribution in [0.2, 0.25) is 0 Å². The SMILES string of the molecule is COc1ccc(OCC(=O)Nc2ccc(Oc3ccc(C)cc3)nc2)cc1. The Morgan fingerprint density at radius 2 is 1.59 bits per heavy atom. The van der Waals surface area contributed by atoms with Gasteiger partial charge in [-0.3, -0.25) is 4.79 Å². The number of nitrogens with one attached hydrogen (secondary N) is 1. The number of methoxy groups -OCH3 is 1. The molecule has 0 aliphatic carbocycles. The molecule has 1 amide bonds. The molecule has 1 N–H and O–H groups in total. The van der Waals surface area contributed by atoms with Crippen LogP contribution in [-0.4, -0.2) is 24.6 Å². The average Bonchev–Trinajstić information content (AvgIpc) is 2.70. The smallest absolute Gasteiger partial charge is 0.262 e. The maximum atomic E-state index is 12.0. The molecule has 0 aliphatic rings. The van der Waals surface area contributed by atoms with Crippen molar-refractivity contribution >= 4 is 11.6 Å². The van der Waals surface area contributed by atoms with Crippen molar-refractivity contribution in [3.8, 4) is 23.1 Å². The number of benzene rings is 2. The highest BCUT2D eigenvalue weighted by Crippen LogP contribution is 2.21. The Morgan fingerprint density at radius 3 is 2.22 bits per heavy atom. The van der Waals surface area contributed by atoms with E-state index in [4.69, 9.17) is 14.2 Å². The summed E-state index contributed by atoms with van der Waals surface area (Å²) >= 11 is 0. The third-order valence-electron chi connectivity index (χ3n) is 3.69. The molecule has 0 unspecified atom stereocenters. The number of aryl methyl sites for hydroxylation is 1. The predicted octanol–water partition coefficient (Wildman–Crippen LogP) is 4.21. The van der Waals surface area contributed by atoms with Gasteiger partial charge in [0.25, 0.3) is 5.91 Å². The minimum Gasteiger partial charge on any atom is -0.497 e. The fourth-order valence-electron chi connectivity index (χ4n) is 2.26.